The molecule has 0 bridgehead atoms. The Morgan fingerprint density at radius 3 is 2.78 bits per heavy atom. The molecule has 0 aliphatic rings. The zero-order valence-corrected chi connectivity index (χ0v) is 12.5. The molecule has 2 aromatic rings. The van der Waals surface area contributed by atoms with Crippen LogP contribution in [0.25, 0.3) is 5.69 Å². The van der Waals surface area contributed by atoms with Gasteiger partial charge in [0, 0.05) is 5.69 Å². The molecular formula is C14H14FN3O5. The summed E-state index contributed by atoms with van der Waals surface area (Å²) in [5, 5.41) is 13.7. The summed E-state index contributed by atoms with van der Waals surface area (Å²) in [4.78, 5) is 34.1. The van der Waals surface area contributed by atoms with Crippen LogP contribution in [0.5, 0.6) is 0 Å². The van der Waals surface area contributed by atoms with Crippen molar-refractivity contribution in [1.82, 2.24) is 9.78 Å². The number of aromatic amines is 1. The Hall–Kier alpha value is -2.97. The number of carbonyl (C=O) groups excluding carboxylic acids is 1. The molecule has 0 saturated carbocycles. The smallest absolute Gasteiger partial charge is 0.330 e. The number of H-pyrrole nitrogens is 1. The molecule has 23 heavy (non-hydrogen) atoms. The van der Waals surface area contributed by atoms with Crippen molar-refractivity contribution in [2.24, 2.45) is 0 Å². The Balaban J connectivity index is 2.56. The van der Waals surface area contributed by atoms with Crippen LogP contribution in [-0.4, -0.2) is 27.3 Å². The second-order valence-corrected chi connectivity index (χ2v) is 4.70. The van der Waals surface area contributed by atoms with Crippen LogP contribution in [0.15, 0.2) is 23.0 Å². The number of benzene rings is 1. The summed E-state index contributed by atoms with van der Waals surface area (Å²) in [5.41, 5.74) is -1.26. The van der Waals surface area contributed by atoms with Crippen molar-refractivity contribution < 1.29 is 18.8 Å². The minimum atomic E-state index is -1.06. The van der Waals surface area contributed by atoms with Crippen molar-refractivity contribution in [3.63, 3.8) is 0 Å². The maximum atomic E-state index is 13.7. The zero-order chi connectivity index (χ0) is 17.1. The van der Waals surface area contributed by atoms with E-state index in [1.54, 1.807) is 6.92 Å². The molecule has 0 amide bonds. The topological polar surface area (TPSA) is 107 Å². The van der Waals surface area contributed by atoms with Crippen molar-refractivity contribution in [2.75, 3.05) is 6.61 Å². The maximum Gasteiger partial charge on any atom is 0.330 e. The van der Waals surface area contributed by atoms with Crippen LogP contribution in [0.4, 0.5) is 10.1 Å². The highest BCUT2D eigenvalue weighted by molar-refractivity contribution is 5.72. The molecule has 9 heteroatoms. The van der Waals surface area contributed by atoms with Gasteiger partial charge < -0.3 is 4.74 Å². The fourth-order valence-corrected chi connectivity index (χ4v) is 2.18. The molecule has 0 saturated heterocycles. The van der Waals surface area contributed by atoms with Gasteiger partial charge in [0.1, 0.15) is 5.69 Å². The van der Waals surface area contributed by atoms with E-state index in [1.807, 2.05) is 0 Å². The molecule has 8 nitrogen and oxygen atoms in total. The molecule has 2 rings (SSSR count). The van der Waals surface area contributed by atoms with Crippen LogP contribution in [0.3, 0.4) is 0 Å². The highest BCUT2D eigenvalue weighted by atomic mass is 19.1. The molecule has 0 aliphatic heterocycles. The number of rotatable bonds is 5. The highest BCUT2D eigenvalue weighted by Gasteiger charge is 2.25. The molecule has 1 aromatic carbocycles. The molecule has 1 aromatic heterocycles. The third kappa shape index (κ3) is 3.12. The number of hydrogen-bond donors (Lipinski definition) is 1. The van der Waals surface area contributed by atoms with E-state index in [1.165, 1.54) is 19.1 Å². The van der Waals surface area contributed by atoms with Gasteiger partial charge in [-0.2, -0.15) is 4.39 Å². The normalized spacial score (nSPS) is 10.6. The van der Waals surface area contributed by atoms with Crippen LogP contribution in [0, 0.1) is 22.9 Å². The second-order valence-electron chi connectivity index (χ2n) is 4.70. The van der Waals surface area contributed by atoms with Gasteiger partial charge in [0.2, 0.25) is 5.82 Å². The fraction of sp³-hybridized carbons (Fsp3) is 0.286. The summed E-state index contributed by atoms with van der Waals surface area (Å²) in [5.74, 6) is -1.65. The molecular weight excluding hydrogens is 309 g/mol. The number of aromatic nitrogens is 2. The number of halogens is 1. The number of hydrogen-bond acceptors (Lipinski definition) is 5. The van der Waals surface area contributed by atoms with Crippen LogP contribution in [0.2, 0.25) is 0 Å². The largest absolute Gasteiger partial charge is 0.466 e. The summed E-state index contributed by atoms with van der Waals surface area (Å²) in [6.45, 7) is 3.35. The first kappa shape index (κ1) is 16.4. The number of nitro benzene ring substituents is 1. The molecule has 1 heterocycles. The van der Waals surface area contributed by atoms with Crippen molar-refractivity contribution in [1.29, 1.82) is 0 Å². The lowest BCUT2D eigenvalue weighted by Crippen LogP contribution is -2.21. The SMILES string of the molecule is CCOC(=O)Cc1c(C)[nH]n(-c2cccc(F)c2[N+](=O)[O-])c1=O. The molecule has 0 aliphatic carbocycles. The molecule has 0 radical (unpaired) electrons. The van der Waals surface area contributed by atoms with Crippen LogP contribution >= 0.6 is 0 Å². The van der Waals surface area contributed by atoms with Gasteiger partial charge in [0.05, 0.1) is 23.5 Å². The molecule has 0 fully saturated rings. The average molecular weight is 323 g/mol. The first-order valence-corrected chi connectivity index (χ1v) is 6.76. The number of nitrogens with zero attached hydrogens (tertiary/aromatic N) is 2. The Morgan fingerprint density at radius 2 is 2.17 bits per heavy atom. The Morgan fingerprint density at radius 1 is 1.48 bits per heavy atom. The number of nitro groups is 1. The Kier molecular flexibility index (Phi) is 4.58. The van der Waals surface area contributed by atoms with Gasteiger partial charge in [0.25, 0.3) is 5.56 Å². The number of carbonyl (C=O) groups is 1. The van der Waals surface area contributed by atoms with Crippen LogP contribution < -0.4 is 5.56 Å². The molecule has 0 atom stereocenters. The summed E-state index contributed by atoms with van der Waals surface area (Å²) >= 11 is 0. The van der Waals surface area contributed by atoms with Gasteiger partial charge >= 0.3 is 11.7 Å². The quantitative estimate of drug-likeness (QED) is 0.511. The molecule has 1 N–H and O–H groups in total. The summed E-state index contributed by atoms with van der Waals surface area (Å²) in [6, 6.07) is 3.43. The fourth-order valence-electron chi connectivity index (χ4n) is 2.18. The van der Waals surface area contributed by atoms with E-state index in [2.05, 4.69) is 5.10 Å². The third-order valence-corrected chi connectivity index (χ3v) is 3.21. The number of aryl methyl sites for hydroxylation is 1. The van der Waals surface area contributed by atoms with E-state index in [-0.39, 0.29) is 24.3 Å². The summed E-state index contributed by atoms with van der Waals surface area (Å²) < 4.78 is 19.3. The lowest BCUT2D eigenvalue weighted by atomic mass is 10.2. The van der Waals surface area contributed by atoms with Gasteiger partial charge in [-0.3, -0.25) is 24.8 Å². The second kappa shape index (κ2) is 6.42. The van der Waals surface area contributed by atoms with Crippen molar-refractivity contribution in [3.8, 4) is 5.69 Å². The van der Waals surface area contributed by atoms with E-state index in [0.29, 0.717) is 5.69 Å². The first-order valence-electron chi connectivity index (χ1n) is 6.76. The summed E-state index contributed by atoms with van der Waals surface area (Å²) in [6.07, 6.45) is -0.273. The molecule has 0 spiro atoms. The van der Waals surface area contributed by atoms with Gasteiger partial charge in [-0.05, 0) is 26.0 Å². The number of nitrogens with one attached hydrogen (secondary N) is 1. The van der Waals surface area contributed by atoms with Crippen LogP contribution in [0.1, 0.15) is 18.2 Å². The average Bonchev–Trinajstić information content (AvgIpc) is 2.75. The minimum absolute atomic E-state index is 0.113. The Bertz CT molecular complexity index is 824. The maximum absolute atomic E-state index is 13.7. The van der Waals surface area contributed by atoms with Crippen molar-refractivity contribution in [2.45, 2.75) is 20.3 Å². The van der Waals surface area contributed by atoms with Crippen molar-refractivity contribution in [3.05, 3.63) is 55.7 Å². The molecule has 122 valence electrons. The lowest BCUT2D eigenvalue weighted by molar-refractivity contribution is -0.387. The van der Waals surface area contributed by atoms with E-state index >= 15 is 0 Å². The van der Waals surface area contributed by atoms with E-state index in [9.17, 15) is 24.1 Å². The summed E-state index contributed by atoms with van der Waals surface area (Å²) in [7, 11) is 0. The van der Waals surface area contributed by atoms with Gasteiger partial charge in [-0.15, -0.1) is 0 Å². The third-order valence-electron chi connectivity index (χ3n) is 3.21. The number of para-hydroxylation sites is 1. The zero-order valence-electron chi connectivity index (χ0n) is 12.5. The van der Waals surface area contributed by atoms with Crippen LogP contribution in [-0.2, 0) is 16.0 Å². The standard InChI is InChI=1S/C14H14FN3O5/c1-3-23-12(19)7-9-8(2)16-17(14(9)20)11-6-4-5-10(15)13(11)18(21)22/h4-6,16H,3,7H2,1-2H3. The minimum Gasteiger partial charge on any atom is -0.466 e. The monoisotopic (exact) mass is 323 g/mol. The van der Waals surface area contributed by atoms with E-state index < -0.39 is 28.0 Å². The molecule has 0 unspecified atom stereocenters. The number of esters is 1. The predicted octanol–water partition coefficient (Wildman–Crippen LogP) is 1.63. The Labute approximate surface area is 129 Å². The van der Waals surface area contributed by atoms with Crippen molar-refractivity contribution >= 4 is 11.7 Å². The lowest BCUT2D eigenvalue weighted by Gasteiger charge is -2.03. The van der Waals surface area contributed by atoms with Gasteiger partial charge in [-0.1, -0.05) is 6.07 Å². The predicted molar refractivity (Wildman–Crippen MR) is 78.1 cm³/mol. The highest BCUT2D eigenvalue weighted by Crippen LogP contribution is 2.25. The van der Waals surface area contributed by atoms with E-state index in [0.717, 1.165) is 10.7 Å². The first-order chi connectivity index (χ1) is 10.9. The number of ether oxygens (including phenoxy) is 1. The van der Waals surface area contributed by atoms with E-state index in [4.69, 9.17) is 4.74 Å². The van der Waals surface area contributed by atoms with Gasteiger partial charge in [-0.25, -0.2) is 4.68 Å². The van der Waals surface area contributed by atoms with Gasteiger partial charge in [0.15, 0.2) is 0 Å².